The zero-order valence-electron chi connectivity index (χ0n) is 12.0. The maximum absolute atomic E-state index is 13.5. The molecule has 0 unspecified atom stereocenters. The summed E-state index contributed by atoms with van der Waals surface area (Å²) >= 11 is 3.23. The van der Waals surface area contributed by atoms with Gasteiger partial charge in [0.15, 0.2) is 11.5 Å². The van der Waals surface area contributed by atoms with Crippen LogP contribution < -0.4 is 14.8 Å². The molecule has 0 saturated carbocycles. The Bertz CT molecular complexity index is 619. The molecule has 0 fully saturated rings. The number of hydrogen-bond donors (Lipinski definition) is 1. The van der Waals surface area contributed by atoms with Crippen molar-refractivity contribution in [2.24, 2.45) is 0 Å². The van der Waals surface area contributed by atoms with Crippen LogP contribution in [0.15, 0.2) is 40.9 Å². The molecule has 2 aromatic carbocycles. The van der Waals surface area contributed by atoms with Crippen LogP contribution in [0.5, 0.6) is 11.5 Å². The van der Waals surface area contributed by atoms with Gasteiger partial charge in [-0.2, -0.15) is 0 Å². The summed E-state index contributed by atoms with van der Waals surface area (Å²) in [7, 11) is 3.48. The molecule has 2 rings (SSSR count). The molecular formula is C16H17BrFNO2. The molecule has 0 radical (unpaired) electrons. The maximum atomic E-state index is 13.5. The quantitative estimate of drug-likeness (QED) is 0.854. The second kappa shape index (κ2) is 7.43. The second-order valence-corrected chi connectivity index (χ2v) is 5.31. The average molecular weight is 354 g/mol. The fourth-order valence-corrected chi connectivity index (χ4v) is 2.34. The molecule has 21 heavy (non-hydrogen) atoms. The van der Waals surface area contributed by atoms with E-state index in [1.165, 1.54) is 6.07 Å². The summed E-state index contributed by atoms with van der Waals surface area (Å²) in [6.07, 6.45) is 0. The van der Waals surface area contributed by atoms with Crippen LogP contribution in [0.3, 0.4) is 0 Å². The smallest absolute Gasteiger partial charge is 0.161 e. The Morgan fingerprint density at radius 2 is 2.00 bits per heavy atom. The van der Waals surface area contributed by atoms with Gasteiger partial charge in [0.1, 0.15) is 12.4 Å². The minimum Gasteiger partial charge on any atom is -0.493 e. The van der Waals surface area contributed by atoms with Gasteiger partial charge in [0, 0.05) is 12.1 Å². The molecule has 0 saturated heterocycles. The molecule has 0 atom stereocenters. The first-order chi connectivity index (χ1) is 10.2. The Morgan fingerprint density at radius 1 is 1.19 bits per heavy atom. The van der Waals surface area contributed by atoms with Gasteiger partial charge in [-0.3, -0.25) is 0 Å². The van der Waals surface area contributed by atoms with Crippen molar-refractivity contribution in [3.63, 3.8) is 0 Å². The summed E-state index contributed by atoms with van der Waals surface area (Å²) < 4.78 is 25.0. The van der Waals surface area contributed by atoms with Gasteiger partial charge in [-0.15, -0.1) is 0 Å². The molecule has 0 spiro atoms. The van der Waals surface area contributed by atoms with E-state index in [1.807, 2.05) is 31.3 Å². The summed E-state index contributed by atoms with van der Waals surface area (Å²) in [6, 6.07) is 10.6. The van der Waals surface area contributed by atoms with Crippen molar-refractivity contribution < 1.29 is 13.9 Å². The van der Waals surface area contributed by atoms with Gasteiger partial charge in [-0.05, 0) is 46.7 Å². The lowest BCUT2D eigenvalue weighted by molar-refractivity contribution is 0.283. The third-order valence-corrected chi connectivity index (χ3v) is 3.91. The van der Waals surface area contributed by atoms with Crippen molar-refractivity contribution >= 4 is 15.9 Å². The van der Waals surface area contributed by atoms with Gasteiger partial charge in [0.2, 0.25) is 0 Å². The number of nitrogens with one attached hydrogen (secondary N) is 1. The first-order valence-electron chi connectivity index (χ1n) is 6.53. The Balaban J connectivity index is 2.18. The average Bonchev–Trinajstić information content (AvgIpc) is 2.49. The second-order valence-electron chi connectivity index (χ2n) is 4.52. The highest BCUT2D eigenvalue weighted by molar-refractivity contribution is 9.10. The summed E-state index contributed by atoms with van der Waals surface area (Å²) in [5, 5.41) is 3.09. The highest BCUT2D eigenvalue weighted by Crippen LogP contribution is 2.30. The van der Waals surface area contributed by atoms with E-state index in [1.54, 1.807) is 13.2 Å². The predicted molar refractivity (Wildman–Crippen MR) is 84.2 cm³/mol. The van der Waals surface area contributed by atoms with E-state index in [0.717, 1.165) is 17.7 Å². The number of ether oxygens (including phenoxy) is 2. The van der Waals surface area contributed by atoms with Gasteiger partial charge in [0.05, 0.1) is 11.6 Å². The van der Waals surface area contributed by atoms with Crippen LogP contribution in [0.4, 0.5) is 4.39 Å². The molecule has 0 aliphatic heterocycles. The van der Waals surface area contributed by atoms with Crippen molar-refractivity contribution in [2.45, 2.75) is 13.2 Å². The first-order valence-corrected chi connectivity index (χ1v) is 7.32. The molecule has 0 heterocycles. The highest BCUT2D eigenvalue weighted by atomic mass is 79.9. The maximum Gasteiger partial charge on any atom is 0.161 e. The van der Waals surface area contributed by atoms with E-state index in [0.29, 0.717) is 16.0 Å². The fraction of sp³-hybridized carbons (Fsp3) is 0.250. The zero-order valence-corrected chi connectivity index (χ0v) is 13.5. The van der Waals surface area contributed by atoms with E-state index in [2.05, 4.69) is 21.2 Å². The SMILES string of the molecule is CNCc1ccc(OC)c(OCc2cccc(F)c2Br)c1. The lowest BCUT2D eigenvalue weighted by Gasteiger charge is -2.13. The van der Waals surface area contributed by atoms with Gasteiger partial charge in [-0.1, -0.05) is 18.2 Å². The van der Waals surface area contributed by atoms with Crippen molar-refractivity contribution in [2.75, 3.05) is 14.2 Å². The molecule has 0 aliphatic carbocycles. The minimum absolute atomic E-state index is 0.262. The van der Waals surface area contributed by atoms with E-state index in [9.17, 15) is 4.39 Å². The van der Waals surface area contributed by atoms with Crippen LogP contribution in [0.1, 0.15) is 11.1 Å². The monoisotopic (exact) mass is 353 g/mol. The van der Waals surface area contributed by atoms with Crippen LogP contribution in [0, 0.1) is 5.82 Å². The fourth-order valence-electron chi connectivity index (χ4n) is 1.96. The molecule has 3 nitrogen and oxygen atoms in total. The van der Waals surface area contributed by atoms with Crippen molar-refractivity contribution in [3.8, 4) is 11.5 Å². The number of rotatable bonds is 6. The minimum atomic E-state index is -0.299. The van der Waals surface area contributed by atoms with E-state index in [4.69, 9.17) is 9.47 Å². The standard InChI is InChI=1S/C16H17BrFNO2/c1-19-9-11-6-7-14(20-2)15(8-11)21-10-12-4-3-5-13(18)16(12)17/h3-8,19H,9-10H2,1-2H3. The molecule has 112 valence electrons. The van der Waals surface area contributed by atoms with Crippen molar-refractivity contribution in [1.82, 2.24) is 5.32 Å². The van der Waals surface area contributed by atoms with Crippen LogP contribution in [0.25, 0.3) is 0 Å². The van der Waals surface area contributed by atoms with Crippen LogP contribution >= 0.6 is 15.9 Å². The van der Waals surface area contributed by atoms with Crippen LogP contribution in [-0.2, 0) is 13.2 Å². The summed E-state index contributed by atoms with van der Waals surface area (Å²) in [4.78, 5) is 0. The Kier molecular flexibility index (Phi) is 5.59. The largest absolute Gasteiger partial charge is 0.493 e. The molecule has 2 aromatic rings. The van der Waals surface area contributed by atoms with E-state index in [-0.39, 0.29) is 12.4 Å². The molecule has 0 bridgehead atoms. The van der Waals surface area contributed by atoms with Gasteiger partial charge in [0.25, 0.3) is 0 Å². The molecule has 5 heteroatoms. The number of benzene rings is 2. The summed E-state index contributed by atoms with van der Waals surface area (Å²) in [5.74, 6) is 0.996. The third kappa shape index (κ3) is 3.95. The Hall–Kier alpha value is -1.59. The van der Waals surface area contributed by atoms with E-state index < -0.39 is 0 Å². The number of hydrogen-bond acceptors (Lipinski definition) is 3. The summed E-state index contributed by atoms with van der Waals surface area (Å²) in [5.41, 5.74) is 1.84. The van der Waals surface area contributed by atoms with Gasteiger partial charge < -0.3 is 14.8 Å². The molecule has 0 aliphatic rings. The molecule has 0 aromatic heterocycles. The molecular weight excluding hydrogens is 337 g/mol. The highest BCUT2D eigenvalue weighted by Gasteiger charge is 2.09. The molecule has 1 N–H and O–H groups in total. The lowest BCUT2D eigenvalue weighted by atomic mass is 10.2. The lowest BCUT2D eigenvalue weighted by Crippen LogP contribution is -2.06. The number of halogens is 2. The molecule has 0 amide bonds. The first kappa shape index (κ1) is 15.8. The zero-order chi connectivity index (χ0) is 15.2. The van der Waals surface area contributed by atoms with Crippen molar-refractivity contribution in [1.29, 1.82) is 0 Å². The van der Waals surface area contributed by atoms with Crippen LogP contribution in [0.2, 0.25) is 0 Å². The summed E-state index contributed by atoms with van der Waals surface area (Å²) in [6.45, 7) is 1.00. The van der Waals surface area contributed by atoms with E-state index >= 15 is 0 Å². The normalized spacial score (nSPS) is 10.5. The van der Waals surface area contributed by atoms with Gasteiger partial charge >= 0.3 is 0 Å². The topological polar surface area (TPSA) is 30.5 Å². The number of methoxy groups -OCH3 is 1. The predicted octanol–water partition coefficient (Wildman–Crippen LogP) is 3.90. The Morgan fingerprint density at radius 3 is 2.71 bits per heavy atom. The van der Waals surface area contributed by atoms with Gasteiger partial charge in [-0.25, -0.2) is 4.39 Å². The third-order valence-electron chi connectivity index (χ3n) is 3.02. The Labute approximate surface area is 132 Å². The van der Waals surface area contributed by atoms with Crippen LogP contribution in [-0.4, -0.2) is 14.2 Å². The van der Waals surface area contributed by atoms with Crippen molar-refractivity contribution in [3.05, 3.63) is 57.8 Å².